The fourth-order valence-corrected chi connectivity index (χ4v) is 0.520. The highest BCUT2D eigenvalue weighted by atomic mass is 127. The van der Waals surface area contributed by atoms with E-state index in [2.05, 4.69) is 17.5 Å². The van der Waals surface area contributed by atoms with E-state index in [1.165, 1.54) is 0 Å². The van der Waals surface area contributed by atoms with Crippen LogP contribution in [0.3, 0.4) is 0 Å². The SMILES string of the molecule is CC(C)NC(N)=S.I. The molecule has 0 aliphatic carbocycles. The molecule has 0 unspecified atom stereocenters. The molecule has 0 saturated heterocycles. The summed E-state index contributed by atoms with van der Waals surface area (Å²) in [5.74, 6) is 0. The second-order valence-electron chi connectivity index (χ2n) is 1.66. The van der Waals surface area contributed by atoms with Gasteiger partial charge in [0.05, 0.1) is 0 Å². The maximum Gasteiger partial charge on any atom is 0.163 e. The summed E-state index contributed by atoms with van der Waals surface area (Å²) in [6.07, 6.45) is 0. The first-order valence-electron chi connectivity index (χ1n) is 2.19. The molecule has 0 atom stereocenters. The van der Waals surface area contributed by atoms with Crippen LogP contribution in [0.5, 0.6) is 0 Å². The van der Waals surface area contributed by atoms with E-state index < -0.39 is 0 Å². The molecule has 8 heavy (non-hydrogen) atoms. The Morgan fingerprint density at radius 3 is 2.00 bits per heavy atom. The lowest BCUT2D eigenvalue weighted by Crippen LogP contribution is -2.34. The van der Waals surface area contributed by atoms with Crippen LogP contribution in [0.25, 0.3) is 0 Å². The highest BCUT2D eigenvalue weighted by Gasteiger charge is 1.88. The second kappa shape index (κ2) is 5.55. The van der Waals surface area contributed by atoms with Gasteiger partial charge in [0.2, 0.25) is 0 Å². The zero-order chi connectivity index (χ0) is 5.86. The van der Waals surface area contributed by atoms with E-state index >= 15 is 0 Å². The molecule has 0 aliphatic heterocycles. The van der Waals surface area contributed by atoms with Crippen molar-refractivity contribution in [2.24, 2.45) is 5.73 Å². The van der Waals surface area contributed by atoms with Crippen molar-refractivity contribution < 1.29 is 0 Å². The molecular formula is C4H11IN2S. The monoisotopic (exact) mass is 246 g/mol. The second-order valence-corrected chi connectivity index (χ2v) is 2.10. The van der Waals surface area contributed by atoms with Gasteiger partial charge >= 0.3 is 0 Å². The quantitative estimate of drug-likeness (QED) is 0.532. The Balaban J connectivity index is 0. The largest absolute Gasteiger partial charge is 0.376 e. The van der Waals surface area contributed by atoms with Crippen molar-refractivity contribution in [2.45, 2.75) is 19.9 Å². The maximum atomic E-state index is 5.11. The third kappa shape index (κ3) is 9.65. The van der Waals surface area contributed by atoms with Crippen LogP contribution in [0.2, 0.25) is 0 Å². The summed E-state index contributed by atoms with van der Waals surface area (Å²) >= 11 is 4.54. The molecule has 0 spiro atoms. The average Bonchev–Trinajstić information content (AvgIpc) is 1.27. The van der Waals surface area contributed by atoms with Crippen molar-refractivity contribution in [1.82, 2.24) is 5.32 Å². The van der Waals surface area contributed by atoms with Gasteiger partial charge in [-0.25, -0.2) is 0 Å². The molecule has 0 rings (SSSR count). The van der Waals surface area contributed by atoms with Crippen LogP contribution < -0.4 is 11.1 Å². The molecule has 0 radical (unpaired) electrons. The van der Waals surface area contributed by atoms with E-state index in [0.717, 1.165) is 0 Å². The van der Waals surface area contributed by atoms with E-state index in [4.69, 9.17) is 5.73 Å². The fourth-order valence-electron chi connectivity index (χ4n) is 0.285. The molecule has 4 heteroatoms. The van der Waals surface area contributed by atoms with Crippen LogP contribution >= 0.6 is 36.2 Å². The van der Waals surface area contributed by atoms with Gasteiger partial charge in [-0.3, -0.25) is 0 Å². The van der Waals surface area contributed by atoms with Gasteiger partial charge in [-0.15, -0.1) is 24.0 Å². The highest BCUT2D eigenvalue weighted by molar-refractivity contribution is 14.0. The first-order valence-corrected chi connectivity index (χ1v) is 2.59. The lowest BCUT2D eigenvalue weighted by molar-refractivity contribution is 0.736. The summed E-state index contributed by atoms with van der Waals surface area (Å²) in [6.45, 7) is 3.97. The van der Waals surface area contributed by atoms with E-state index in [1.807, 2.05) is 13.8 Å². The third-order valence-electron chi connectivity index (χ3n) is 0.431. The summed E-state index contributed by atoms with van der Waals surface area (Å²) in [7, 11) is 0. The highest BCUT2D eigenvalue weighted by Crippen LogP contribution is 1.72. The van der Waals surface area contributed by atoms with Crippen molar-refractivity contribution in [1.29, 1.82) is 0 Å². The van der Waals surface area contributed by atoms with Crippen molar-refractivity contribution in [3.8, 4) is 0 Å². The number of thiocarbonyl (C=S) groups is 1. The summed E-state index contributed by atoms with van der Waals surface area (Å²) in [4.78, 5) is 0. The fraction of sp³-hybridized carbons (Fsp3) is 0.750. The van der Waals surface area contributed by atoms with Crippen molar-refractivity contribution >= 4 is 41.3 Å². The minimum absolute atomic E-state index is 0. The summed E-state index contributed by atoms with van der Waals surface area (Å²) in [5, 5.41) is 3.19. The molecule has 0 amide bonds. The van der Waals surface area contributed by atoms with Crippen molar-refractivity contribution in [2.75, 3.05) is 0 Å². The number of nitrogens with one attached hydrogen (secondary N) is 1. The summed E-state index contributed by atoms with van der Waals surface area (Å²) in [6, 6.07) is 0.359. The Kier molecular flexibility index (Phi) is 7.81. The zero-order valence-electron chi connectivity index (χ0n) is 4.97. The van der Waals surface area contributed by atoms with E-state index in [1.54, 1.807) is 0 Å². The van der Waals surface area contributed by atoms with Crippen LogP contribution in [-0.4, -0.2) is 11.2 Å². The number of rotatable bonds is 1. The molecule has 0 fully saturated rings. The molecule has 0 bridgehead atoms. The van der Waals surface area contributed by atoms with Crippen molar-refractivity contribution in [3.05, 3.63) is 0 Å². The normalized spacial score (nSPS) is 7.88. The molecule has 50 valence electrons. The van der Waals surface area contributed by atoms with Gasteiger partial charge in [-0.2, -0.15) is 0 Å². The number of hydrogen-bond donors (Lipinski definition) is 2. The maximum absolute atomic E-state index is 5.11. The lowest BCUT2D eigenvalue weighted by atomic mass is 10.4. The first-order chi connectivity index (χ1) is 3.13. The molecule has 2 nitrogen and oxygen atoms in total. The molecular weight excluding hydrogens is 235 g/mol. The molecule has 0 aromatic heterocycles. The topological polar surface area (TPSA) is 38.0 Å². The van der Waals surface area contributed by atoms with E-state index in [-0.39, 0.29) is 24.0 Å². The molecule has 0 saturated carbocycles. The Bertz CT molecular complexity index is 74.4. The van der Waals surface area contributed by atoms with Crippen LogP contribution in [-0.2, 0) is 0 Å². The molecule has 0 aliphatic rings. The number of halogens is 1. The number of nitrogens with two attached hydrogens (primary N) is 1. The van der Waals surface area contributed by atoms with Gasteiger partial charge in [-0.05, 0) is 26.1 Å². The zero-order valence-corrected chi connectivity index (χ0v) is 8.12. The predicted octanol–water partition coefficient (Wildman–Crippen LogP) is 0.846. The van der Waals surface area contributed by atoms with Gasteiger partial charge in [0.1, 0.15) is 0 Å². The van der Waals surface area contributed by atoms with Gasteiger partial charge < -0.3 is 11.1 Å². The molecule has 0 aromatic rings. The minimum Gasteiger partial charge on any atom is -0.376 e. The lowest BCUT2D eigenvalue weighted by Gasteiger charge is -2.04. The van der Waals surface area contributed by atoms with Gasteiger partial charge in [0.15, 0.2) is 5.11 Å². The van der Waals surface area contributed by atoms with Crippen LogP contribution in [0.4, 0.5) is 0 Å². The Labute approximate surface area is 72.2 Å². The minimum atomic E-state index is 0. The smallest absolute Gasteiger partial charge is 0.163 e. The Morgan fingerprint density at radius 2 is 2.00 bits per heavy atom. The predicted molar refractivity (Wildman–Crippen MR) is 50.5 cm³/mol. The van der Waals surface area contributed by atoms with Crippen LogP contribution in [0.1, 0.15) is 13.8 Å². The summed E-state index contributed by atoms with van der Waals surface area (Å²) < 4.78 is 0. The van der Waals surface area contributed by atoms with Crippen LogP contribution in [0, 0.1) is 0 Å². The van der Waals surface area contributed by atoms with E-state index in [0.29, 0.717) is 11.2 Å². The van der Waals surface area contributed by atoms with Gasteiger partial charge in [-0.1, -0.05) is 0 Å². The molecule has 0 aromatic carbocycles. The third-order valence-corrected chi connectivity index (χ3v) is 0.549. The summed E-state index contributed by atoms with van der Waals surface area (Å²) in [5.41, 5.74) is 5.11. The Hall–Kier alpha value is 0.420. The molecule has 3 N–H and O–H groups in total. The standard InChI is InChI=1S/C4H10N2S.HI/c1-3(2)6-4(5)7;/h3H,1-2H3,(H3,5,6,7);1H. The van der Waals surface area contributed by atoms with Crippen LogP contribution in [0.15, 0.2) is 0 Å². The molecule has 0 heterocycles. The van der Waals surface area contributed by atoms with E-state index in [9.17, 15) is 0 Å². The van der Waals surface area contributed by atoms with Gasteiger partial charge in [0.25, 0.3) is 0 Å². The number of hydrogen-bond acceptors (Lipinski definition) is 1. The van der Waals surface area contributed by atoms with Gasteiger partial charge in [0, 0.05) is 6.04 Å². The first kappa shape index (κ1) is 11.2. The average molecular weight is 246 g/mol. The van der Waals surface area contributed by atoms with Crippen molar-refractivity contribution in [3.63, 3.8) is 0 Å². The Morgan fingerprint density at radius 1 is 1.62 bits per heavy atom.